The van der Waals surface area contributed by atoms with Crippen molar-refractivity contribution in [1.82, 2.24) is 4.90 Å². The van der Waals surface area contributed by atoms with Crippen molar-refractivity contribution in [3.05, 3.63) is 45.2 Å². The standard InChI is InChI=1S/C22H22ClN3O7/c1-26(2)15-10-4-7-3-9-11(23)5-8(6-24)16(27)13(9)17(28)12(7)19(30)22(10,33)20(31)14(18(15)29)21(25)32/h3,5,10,15,27-28,31,33H,4,6,24H2,1-2H3,(H2,25,32)/t10-,15?,22-/m0/s1. The Morgan fingerprint density at radius 2 is 1.85 bits per heavy atom. The second kappa shape index (κ2) is 7.42. The number of fused-ring (bicyclic) bond motifs is 3. The summed E-state index contributed by atoms with van der Waals surface area (Å²) in [5, 5.41) is 44.1. The first kappa shape index (κ1) is 23.0. The molecule has 1 amide bonds. The Morgan fingerprint density at radius 1 is 1.21 bits per heavy atom. The molecule has 0 saturated heterocycles. The van der Waals surface area contributed by atoms with Gasteiger partial charge in [0.2, 0.25) is 5.78 Å². The number of phenols is 2. The molecular weight excluding hydrogens is 454 g/mol. The van der Waals surface area contributed by atoms with Gasteiger partial charge in [-0.05, 0) is 38.2 Å². The van der Waals surface area contributed by atoms with E-state index in [1.54, 1.807) is 0 Å². The van der Waals surface area contributed by atoms with E-state index >= 15 is 0 Å². The lowest BCUT2D eigenvalue weighted by atomic mass is 9.62. The van der Waals surface area contributed by atoms with Gasteiger partial charge in [-0.1, -0.05) is 11.6 Å². The zero-order valence-corrected chi connectivity index (χ0v) is 18.5. The number of aliphatic hydroxyl groups excluding tert-OH is 1. The van der Waals surface area contributed by atoms with E-state index in [-0.39, 0.29) is 51.2 Å². The average Bonchev–Trinajstić information content (AvgIpc) is 2.72. The Kier molecular flexibility index (Phi) is 5.17. The molecule has 0 bridgehead atoms. The first-order valence-corrected chi connectivity index (χ1v) is 10.4. The number of phenolic OH excluding ortho intramolecular Hbond substituents is 2. The number of ketones is 2. The van der Waals surface area contributed by atoms with Gasteiger partial charge in [-0.3, -0.25) is 19.3 Å². The smallest absolute Gasteiger partial charge is 0.255 e. The van der Waals surface area contributed by atoms with Crippen LogP contribution in [-0.2, 0) is 22.6 Å². The van der Waals surface area contributed by atoms with E-state index in [2.05, 4.69) is 0 Å². The maximum absolute atomic E-state index is 13.6. The number of amides is 1. The third-order valence-corrected chi connectivity index (χ3v) is 6.86. The van der Waals surface area contributed by atoms with Gasteiger partial charge in [0, 0.05) is 28.4 Å². The van der Waals surface area contributed by atoms with E-state index in [0.29, 0.717) is 0 Å². The molecule has 3 atom stereocenters. The van der Waals surface area contributed by atoms with Crippen LogP contribution in [0.5, 0.6) is 11.5 Å². The zero-order valence-electron chi connectivity index (χ0n) is 17.7. The highest BCUT2D eigenvalue weighted by atomic mass is 35.5. The molecule has 2 aromatic carbocycles. The molecular formula is C22H22ClN3O7. The number of rotatable bonds is 3. The summed E-state index contributed by atoms with van der Waals surface area (Å²) >= 11 is 6.33. The normalized spacial score (nSPS) is 24.9. The predicted octanol–water partition coefficient (Wildman–Crippen LogP) is 0.260. The number of primary amides is 1. The lowest BCUT2D eigenvalue weighted by Crippen LogP contribution is -2.64. The van der Waals surface area contributed by atoms with Gasteiger partial charge in [0.05, 0.1) is 17.0 Å². The number of aliphatic hydroxyl groups is 2. The zero-order chi connectivity index (χ0) is 24.6. The molecule has 174 valence electrons. The van der Waals surface area contributed by atoms with Gasteiger partial charge in [-0.2, -0.15) is 0 Å². The molecule has 2 aliphatic carbocycles. The molecule has 0 aliphatic heterocycles. The first-order chi connectivity index (χ1) is 15.4. The van der Waals surface area contributed by atoms with Crippen molar-refractivity contribution < 1.29 is 34.8 Å². The second-order valence-corrected chi connectivity index (χ2v) is 8.93. The molecule has 1 unspecified atom stereocenters. The number of aromatic hydroxyl groups is 2. The van der Waals surface area contributed by atoms with Gasteiger partial charge in [-0.25, -0.2) is 0 Å². The summed E-state index contributed by atoms with van der Waals surface area (Å²) in [6.45, 7) is -0.101. The number of hydrogen-bond acceptors (Lipinski definition) is 9. The van der Waals surface area contributed by atoms with Gasteiger partial charge in [-0.15, -0.1) is 0 Å². The van der Waals surface area contributed by atoms with Gasteiger partial charge in [0.25, 0.3) is 5.91 Å². The number of benzene rings is 2. The SMILES string of the molecule is CN(C)C1C(=O)C(C(N)=O)=C(O)[C@@]2(O)C(=O)c3c(cc4c(Cl)cc(CN)c(O)c4c3O)C[C@@H]12. The number of halogens is 1. The molecule has 4 rings (SSSR count). The molecule has 2 aromatic rings. The molecule has 0 aromatic heterocycles. The van der Waals surface area contributed by atoms with Crippen molar-refractivity contribution in [2.45, 2.75) is 24.6 Å². The minimum atomic E-state index is -2.71. The summed E-state index contributed by atoms with van der Waals surface area (Å²) in [4.78, 5) is 40.0. The van der Waals surface area contributed by atoms with Crippen molar-refractivity contribution in [2.24, 2.45) is 17.4 Å². The van der Waals surface area contributed by atoms with Crippen molar-refractivity contribution >= 4 is 39.8 Å². The predicted molar refractivity (Wildman–Crippen MR) is 118 cm³/mol. The third kappa shape index (κ3) is 2.88. The van der Waals surface area contributed by atoms with Crippen LogP contribution in [0, 0.1) is 5.92 Å². The minimum Gasteiger partial charge on any atom is -0.508 e. The summed E-state index contributed by atoms with van der Waals surface area (Å²) < 4.78 is 0. The average molecular weight is 476 g/mol. The number of hydrogen-bond donors (Lipinski definition) is 6. The minimum absolute atomic E-state index is 0.101. The number of carbonyl (C=O) groups excluding carboxylic acids is 3. The molecule has 2 aliphatic rings. The van der Waals surface area contributed by atoms with Crippen LogP contribution >= 0.6 is 11.6 Å². The highest BCUT2D eigenvalue weighted by molar-refractivity contribution is 6.36. The van der Waals surface area contributed by atoms with Gasteiger partial charge in [0.1, 0.15) is 22.8 Å². The lowest BCUT2D eigenvalue weighted by Gasteiger charge is -2.47. The highest BCUT2D eigenvalue weighted by Crippen LogP contribution is 2.50. The summed E-state index contributed by atoms with van der Waals surface area (Å²) in [5.41, 5.74) is 7.41. The van der Waals surface area contributed by atoms with Gasteiger partial charge < -0.3 is 31.9 Å². The van der Waals surface area contributed by atoms with Crippen LogP contribution in [0.2, 0.25) is 5.02 Å². The lowest BCUT2D eigenvalue weighted by molar-refractivity contribution is -0.132. The van der Waals surface area contributed by atoms with Crippen LogP contribution in [0.3, 0.4) is 0 Å². The van der Waals surface area contributed by atoms with E-state index in [0.717, 1.165) is 0 Å². The second-order valence-electron chi connectivity index (χ2n) is 8.52. The Labute approximate surface area is 192 Å². The van der Waals surface area contributed by atoms with E-state index in [4.69, 9.17) is 23.1 Å². The topological polar surface area (TPSA) is 187 Å². The number of Topliss-reactive ketones (excluding diaryl/α,β-unsaturated/α-hetero) is 2. The van der Waals surface area contributed by atoms with Crippen LogP contribution in [0.1, 0.15) is 21.5 Å². The molecule has 0 spiro atoms. The summed E-state index contributed by atoms with van der Waals surface area (Å²) in [7, 11) is 3.04. The number of carbonyl (C=O) groups is 3. The monoisotopic (exact) mass is 475 g/mol. The highest BCUT2D eigenvalue weighted by Gasteiger charge is 2.62. The van der Waals surface area contributed by atoms with E-state index in [1.807, 2.05) is 0 Å². The molecule has 11 heteroatoms. The largest absolute Gasteiger partial charge is 0.508 e. The van der Waals surface area contributed by atoms with Gasteiger partial charge in [0.15, 0.2) is 11.4 Å². The molecule has 0 radical (unpaired) electrons. The van der Waals surface area contributed by atoms with E-state index in [9.17, 15) is 34.8 Å². The summed E-state index contributed by atoms with van der Waals surface area (Å²) in [6.07, 6.45) is -0.137. The van der Waals surface area contributed by atoms with Crippen molar-refractivity contribution in [1.29, 1.82) is 0 Å². The Bertz CT molecular complexity index is 1300. The van der Waals surface area contributed by atoms with Crippen molar-refractivity contribution in [2.75, 3.05) is 14.1 Å². The fraction of sp³-hybridized carbons (Fsp3) is 0.318. The Hall–Kier alpha value is -3.18. The van der Waals surface area contributed by atoms with Crippen LogP contribution in [0.25, 0.3) is 10.8 Å². The molecule has 0 heterocycles. The van der Waals surface area contributed by atoms with Crippen LogP contribution in [0.4, 0.5) is 0 Å². The Balaban J connectivity index is 2.09. The number of nitrogens with two attached hydrogens (primary N) is 2. The molecule has 10 nitrogen and oxygen atoms in total. The first-order valence-electron chi connectivity index (χ1n) is 9.98. The molecule has 0 saturated carbocycles. The molecule has 8 N–H and O–H groups in total. The summed E-state index contributed by atoms with van der Waals surface area (Å²) in [6, 6.07) is 1.74. The van der Waals surface area contributed by atoms with Crippen LogP contribution in [0.15, 0.2) is 23.5 Å². The maximum atomic E-state index is 13.6. The van der Waals surface area contributed by atoms with Crippen LogP contribution in [-0.4, -0.2) is 68.5 Å². The molecule has 33 heavy (non-hydrogen) atoms. The van der Waals surface area contributed by atoms with E-state index < -0.39 is 52.1 Å². The van der Waals surface area contributed by atoms with E-state index in [1.165, 1.54) is 31.1 Å². The fourth-order valence-electron chi connectivity index (χ4n) is 5.02. The van der Waals surface area contributed by atoms with Crippen LogP contribution < -0.4 is 11.5 Å². The van der Waals surface area contributed by atoms with Crippen molar-refractivity contribution in [3.8, 4) is 11.5 Å². The molecule has 0 fully saturated rings. The van der Waals surface area contributed by atoms with Crippen molar-refractivity contribution in [3.63, 3.8) is 0 Å². The number of nitrogens with zero attached hydrogens (tertiary/aromatic N) is 1. The quantitative estimate of drug-likeness (QED) is 0.338. The van der Waals surface area contributed by atoms with Gasteiger partial charge >= 0.3 is 0 Å². The maximum Gasteiger partial charge on any atom is 0.255 e. The third-order valence-electron chi connectivity index (χ3n) is 6.55. The number of likely N-dealkylation sites (N-methyl/N-ethyl adjacent to an activating group) is 1. The fourth-order valence-corrected chi connectivity index (χ4v) is 5.30. The Morgan fingerprint density at radius 3 is 2.39 bits per heavy atom. The summed E-state index contributed by atoms with van der Waals surface area (Å²) in [5.74, 6) is -6.68.